The van der Waals surface area contributed by atoms with Crippen molar-refractivity contribution >= 4 is 6.03 Å². The van der Waals surface area contributed by atoms with Gasteiger partial charge in [0.15, 0.2) is 0 Å². The van der Waals surface area contributed by atoms with Gasteiger partial charge in [-0.05, 0) is 30.2 Å². The molecule has 0 radical (unpaired) electrons. The molecule has 14 heavy (non-hydrogen) atoms. The van der Waals surface area contributed by atoms with Crippen molar-refractivity contribution in [1.29, 1.82) is 0 Å². The fraction of sp³-hybridized carbons (Fsp3) is 0.300. The lowest BCUT2D eigenvalue weighted by Gasteiger charge is -2.11. The molecule has 1 aliphatic rings. The molecule has 2 amide bonds. The van der Waals surface area contributed by atoms with Crippen molar-refractivity contribution in [3.63, 3.8) is 0 Å². The van der Waals surface area contributed by atoms with Crippen molar-refractivity contribution in [3.8, 4) is 0 Å². The molecule has 4 heteroatoms. The molecule has 1 atom stereocenters. The summed E-state index contributed by atoms with van der Waals surface area (Å²) in [6.07, 6.45) is 0. The maximum absolute atomic E-state index is 12.8. The van der Waals surface area contributed by atoms with Crippen molar-refractivity contribution in [2.24, 2.45) is 0 Å². The molecule has 74 valence electrons. The number of hydrogen-bond acceptors (Lipinski definition) is 1. The molecule has 1 heterocycles. The highest BCUT2D eigenvalue weighted by molar-refractivity contribution is 5.77. The smallest absolute Gasteiger partial charge is 0.315 e. The Morgan fingerprint density at radius 2 is 2.29 bits per heavy atom. The lowest BCUT2D eigenvalue weighted by Crippen LogP contribution is -2.22. The summed E-state index contributed by atoms with van der Waals surface area (Å²) in [4.78, 5) is 10.9. The molecule has 2 N–H and O–H groups in total. The van der Waals surface area contributed by atoms with Crippen LogP contribution in [0.15, 0.2) is 18.2 Å². The van der Waals surface area contributed by atoms with Crippen LogP contribution in [0.4, 0.5) is 9.18 Å². The monoisotopic (exact) mass is 194 g/mol. The van der Waals surface area contributed by atoms with Gasteiger partial charge in [0, 0.05) is 6.54 Å². The number of carbonyl (C=O) groups excluding carboxylic acids is 1. The third-order valence-electron chi connectivity index (χ3n) is 2.38. The molecule has 1 fully saturated rings. The first-order valence-electron chi connectivity index (χ1n) is 4.47. The van der Waals surface area contributed by atoms with E-state index in [1.807, 2.05) is 6.92 Å². The minimum atomic E-state index is -0.247. The van der Waals surface area contributed by atoms with Gasteiger partial charge in [0.05, 0.1) is 6.04 Å². The van der Waals surface area contributed by atoms with Crippen molar-refractivity contribution in [2.75, 3.05) is 6.54 Å². The van der Waals surface area contributed by atoms with Gasteiger partial charge in [-0.3, -0.25) is 0 Å². The zero-order valence-electron chi connectivity index (χ0n) is 7.80. The van der Waals surface area contributed by atoms with Crippen LogP contribution in [0.2, 0.25) is 0 Å². The van der Waals surface area contributed by atoms with Gasteiger partial charge in [-0.2, -0.15) is 0 Å². The number of halogens is 1. The predicted octanol–water partition coefficient (Wildman–Crippen LogP) is 1.49. The molecule has 0 aromatic heterocycles. The molecular formula is C10H11FN2O. The molecule has 0 unspecified atom stereocenters. The number of benzene rings is 1. The lowest BCUT2D eigenvalue weighted by molar-refractivity contribution is 0.247. The second-order valence-corrected chi connectivity index (χ2v) is 3.41. The van der Waals surface area contributed by atoms with Gasteiger partial charge < -0.3 is 10.6 Å². The Hall–Kier alpha value is -1.58. The quantitative estimate of drug-likeness (QED) is 0.698. The van der Waals surface area contributed by atoms with E-state index in [2.05, 4.69) is 10.6 Å². The molecule has 0 bridgehead atoms. The van der Waals surface area contributed by atoms with Crippen LogP contribution >= 0.6 is 0 Å². The zero-order chi connectivity index (χ0) is 10.1. The summed E-state index contributed by atoms with van der Waals surface area (Å²) in [6.45, 7) is 2.40. The van der Waals surface area contributed by atoms with Crippen LogP contribution in [0.1, 0.15) is 17.2 Å². The van der Waals surface area contributed by atoms with Crippen LogP contribution in [0.5, 0.6) is 0 Å². The maximum Gasteiger partial charge on any atom is 0.315 e. The van der Waals surface area contributed by atoms with Crippen molar-refractivity contribution in [1.82, 2.24) is 10.6 Å². The lowest BCUT2D eigenvalue weighted by atomic mass is 10.0. The van der Waals surface area contributed by atoms with Gasteiger partial charge in [-0.1, -0.05) is 6.07 Å². The van der Waals surface area contributed by atoms with Crippen LogP contribution in [-0.4, -0.2) is 12.6 Å². The van der Waals surface area contributed by atoms with Gasteiger partial charge in [-0.25, -0.2) is 9.18 Å². The van der Waals surface area contributed by atoms with Crippen LogP contribution in [0.3, 0.4) is 0 Å². The Morgan fingerprint density at radius 3 is 2.86 bits per heavy atom. The normalized spacial score (nSPS) is 20.4. The third kappa shape index (κ3) is 1.55. The fourth-order valence-electron chi connectivity index (χ4n) is 1.67. The number of nitrogens with one attached hydrogen (secondary N) is 2. The highest BCUT2D eigenvalue weighted by Crippen LogP contribution is 2.20. The second kappa shape index (κ2) is 3.29. The predicted molar refractivity (Wildman–Crippen MR) is 50.4 cm³/mol. The van der Waals surface area contributed by atoms with E-state index >= 15 is 0 Å². The first-order chi connectivity index (χ1) is 6.66. The van der Waals surface area contributed by atoms with E-state index < -0.39 is 0 Å². The fourth-order valence-corrected chi connectivity index (χ4v) is 1.67. The van der Waals surface area contributed by atoms with Gasteiger partial charge >= 0.3 is 6.03 Å². The van der Waals surface area contributed by atoms with E-state index in [9.17, 15) is 9.18 Å². The molecule has 0 spiro atoms. The van der Waals surface area contributed by atoms with Crippen LogP contribution in [0, 0.1) is 12.7 Å². The maximum atomic E-state index is 12.8. The molecule has 2 rings (SSSR count). The van der Waals surface area contributed by atoms with Gasteiger partial charge in [0.2, 0.25) is 0 Å². The molecule has 1 aliphatic heterocycles. The first-order valence-corrected chi connectivity index (χ1v) is 4.47. The zero-order valence-corrected chi connectivity index (χ0v) is 7.80. The Balaban J connectivity index is 2.28. The number of urea groups is 1. The first kappa shape index (κ1) is 8.99. The van der Waals surface area contributed by atoms with Gasteiger partial charge in [-0.15, -0.1) is 0 Å². The molecule has 0 aliphatic carbocycles. The molecule has 1 saturated heterocycles. The van der Waals surface area contributed by atoms with Crippen LogP contribution in [0.25, 0.3) is 0 Å². The molecular weight excluding hydrogens is 183 g/mol. The van der Waals surface area contributed by atoms with Gasteiger partial charge in [0.1, 0.15) is 5.82 Å². The third-order valence-corrected chi connectivity index (χ3v) is 2.38. The van der Waals surface area contributed by atoms with Crippen molar-refractivity contribution < 1.29 is 9.18 Å². The minimum Gasteiger partial charge on any atom is -0.336 e. The summed E-state index contributed by atoms with van der Waals surface area (Å²) in [5, 5.41) is 5.42. The van der Waals surface area contributed by atoms with E-state index in [0.717, 1.165) is 11.1 Å². The number of amides is 2. The molecule has 0 saturated carbocycles. The highest BCUT2D eigenvalue weighted by atomic mass is 19.1. The van der Waals surface area contributed by atoms with E-state index in [0.29, 0.717) is 6.54 Å². The number of aryl methyl sites for hydroxylation is 1. The summed E-state index contributed by atoms with van der Waals surface area (Å²) in [7, 11) is 0. The summed E-state index contributed by atoms with van der Waals surface area (Å²) >= 11 is 0. The van der Waals surface area contributed by atoms with Crippen LogP contribution in [-0.2, 0) is 0 Å². The Labute approximate surface area is 81.3 Å². The van der Waals surface area contributed by atoms with E-state index in [1.165, 1.54) is 12.1 Å². The largest absolute Gasteiger partial charge is 0.336 e. The number of hydrogen-bond donors (Lipinski definition) is 2. The van der Waals surface area contributed by atoms with Crippen LogP contribution < -0.4 is 10.6 Å². The highest BCUT2D eigenvalue weighted by Gasteiger charge is 2.22. The Kier molecular flexibility index (Phi) is 2.11. The number of carbonyl (C=O) groups is 1. The van der Waals surface area contributed by atoms with Crippen molar-refractivity contribution in [2.45, 2.75) is 13.0 Å². The summed E-state index contributed by atoms with van der Waals surface area (Å²) in [5.41, 5.74) is 1.82. The average Bonchev–Trinajstić information content (AvgIpc) is 2.51. The molecule has 1 aromatic carbocycles. The van der Waals surface area contributed by atoms with Gasteiger partial charge in [0.25, 0.3) is 0 Å². The Bertz CT molecular complexity index is 378. The second-order valence-electron chi connectivity index (χ2n) is 3.41. The van der Waals surface area contributed by atoms with E-state index in [4.69, 9.17) is 0 Å². The van der Waals surface area contributed by atoms with Crippen molar-refractivity contribution in [3.05, 3.63) is 35.1 Å². The summed E-state index contributed by atoms with van der Waals surface area (Å²) < 4.78 is 12.8. The minimum absolute atomic E-state index is 0.0388. The van der Waals surface area contributed by atoms with E-state index in [-0.39, 0.29) is 17.9 Å². The Morgan fingerprint density at radius 1 is 1.50 bits per heavy atom. The molecule has 1 aromatic rings. The number of rotatable bonds is 1. The topological polar surface area (TPSA) is 41.1 Å². The molecule has 3 nitrogen and oxygen atoms in total. The summed E-state index contributed by atoms with van der Waals surface area (Å²) in [6, 6.07) is 4.39. The average molecular weight is 194 g/mol. The standard InChI is InChI=1S/C10H11FN2O/c1-6-4-7(11)2-3-8(6)9-5-12-10(14)13-9/h2-4,9H,5H2,1H3,(H2,12,13,14)/t9-/m0/s1. The SMILES string of the molecule is Cc1cc(F)ccc1[C@@H]1CNC(=O)N1. The summed E-state index contributed by atoms with van der Waals surface area (Å²) in [5.74, 6) is -0.247. The van der Waals surface area contributed by atoms with E-state index in [1.54, 1.807) is 6.07 Å².